The van der Waals surface area contributed by atoms with Crippen LogP contribution in [0, 0.1) is 6.92 Å². The Morgan fingerprint density at radius 1 is 0.873 bits per heavy atom. The normalized spacial score (nSPS) is 18.4. The summed E-state index contributed by atoms with van der Waals surface area (Å²) in [5.41, 5.74) is 2.33. The van der Waals surface area contributed by atoms with Gasteiger partial charge in [-0.05, 0) is 27.7 Å². The molecule has 6 heterocycles. The molecule has 4 amide bonds. The molecule has 2 fully saturated rings. The first kappa shape index (κ1) is 46.9. The fourth-order valence-electron chi connectivity index (χ4n) is 5.51. The molecule has 27 nitrogen and oxygen atoms in total. The summed E-state index contributed by atoms with van der Waals surface area (Å²) in [4.78, 5) is 92.6. The van der Waals surface area contributed by atoms with Crippen LogP contribution in [-0.4, -0.2) is 129 Å². The van der Waals surface area contributed by atoms with Crippen molar-refractivity contribution in [3.8, 4) is 11.5 Å². The zero-order valence-electron chi connectivity index (χ0n) is 33.2. The van der Waals surface area contributed by atoms with Crippen LogP contribution in [0.2, 0.25) is 0 Å². The van der Waals surface area contributed by atoms with Gasteiger partial charge in [-0.3, -0.25) is 33.3 Å². The first-order valence-electron chi connectivity index (χ1n) is 17.6. The highest BCUT2D eigenvalue weighted by Crippen LogP contribution is 2.33. The number of hydrogen-bond acceptors (Lipinski definition) is 22. The van der Waals surface area contributed by atoms with E-state index in [1.165, 1.54) is 40.8 Å². The lowest BCUT2D eigenvalue weighted by Gasteiger charge is -2.50. The molecule has 338 valence electrons. The van der Waals surface area contributed by atoms with Crippen molar-refractivity contribution in [1.29, 1.82) is 0 Å². The summed E-state index contributed by atoms with van der Waals surface area (Å²) in [5.74, 6) is -4.11. The van der Waals surface area contributed by atoms with E-state index in [-0.39, 0.29) is 57.9 Å². The number of anilines is 1. The maximum Gasteiger partial charge on any atom is 0.418 e. The van der Waals surface area contributed by atoms with Gasteiger partial charge < -0.3 is 51.6 Å². The van der Waals surface area contributed by atoms with Gasteiger partial charge in [0.1, 0.15) is 34.9 Å². The van der Waals surface area contributed by atoms with Crippen LogP contribution in [0.15, 0.2) is 55.2 Å². The van der Waals surface area contributed by atoms with Gasteiger partial charge in [0.15, 0.2) is 41.3 Å². The van der Waals surface area contributed by atoms with E-state index >= 15 is 0 Å². The van der Waals surface area contributed by atoms with Gasteiger partial charge in [0.05, 0.1) is 29.0 Å². The van der Waals surface area contributed by atoms with Crippen LogP contribution in [0.1, 0.15) is 48.6 Å². The standard InChI is InChI=1S/C17H19N5O10S2.C16H18N6O6S/c1-8-18-10(7-33-8)13(20-31-6-9-4-11(23)12(24)5-21(9)27)15(25)19-14-16(26)22(17(14,2)3)32-34(28,29)30;1-7-12(15(26)21(7)2)19-14(25)13(9-6-29-16(17)18-9)20-28-5-8-3-10(23)11(24)4-22(8)27/h4-5,7,14,24,27H,6H2,1-3H3,(H,19,25)(H,28,29,30);3-4,6-7,12,24,27H,5H2,1-2H3,(H2,17,18)(H,19,25)/b2*20-13-/t14-;7-,12-/m10/s1. The highest BCUT2D eigenvalue weighted by atomic mass is 32.3. The van der Waals surface area contributed by atoms with E-state index in [0.717, 1.165) is 35.9 Å². The minimum absolute atomic E-state index is 0.0153. The SMILES string of the molecule is C[C@H]1[C@H](NC(=O)/C(=N\OCc2cc(=O)c(O)cn2O)c2csc(N)n2)C(=O)N1C.Cc1nc(/C(=N/OCc2cc(=O)c(O)cn2O)C(=O)N[C@@H]2C(=O)N(OS(=O)(=O)O)C2(C)C)cs1. The molecule has 2 saturated heterocycles. The number of nitrogens with zero attached hydrogens (tertiary/aromatic N) is 8. The molecule has 0 aliphatic carbocycles. The number of hydroxylamine groups is 2. The fraction of sp³-hybridized carbons (Fsp3) is 0.333. The number of nitrogens with two attached hydrogens (primary N) is 1. The Morgan fingerprint density at radius 2 is 1.37 bits per heavy atom. The predicted molar refractivity (Wildman–Crippen MR) is 215 cm³/mol. The van der Waals surface area contributed by atoms with Crippen molar-refractivity contribution in [3.63, 3.8) is 0 Å². The average Bonchev–Trinajstić information content (AvgIpc) is 3.85. The quantitative estimate of drug-likeness (QED) is 0.0232. The Morgan fingerprint density at radius 3 is 1.79 bits per heavy atom. The van der Waals surface area contributed by atoms with Crippen molar-refractivity contribution in [2.45, 2.75) is 64.6 Å². The third kappa shape index (κ3) is 10.7. The second kappa shape index (κ2) is 18.4. The number of oxime groups is 2. The van der Waals surface area contributed by atoms with E-state index in [1.54, 1.807) is 20.9 Å². The summed E-state index contributed by atoms with van der Waals surface area (Å²) < 4.78 is 35.9. The number of carbonyl (C=O) groups is 4. The minimum atomic E-state index is -4.96. The summed E-state index contributed by atoms with van der Waals surface area (Å²) >= 11 is 2.29. The zero-order chi connectivity index (χ0) is 46.7. The Bertz CT molecular complexity index is 2740. The number of β-lactam (4-membered cyclic amide) rings is 2. The molecule has 6 rings (SSSR count). The monoisotopic (exact) mass is 939 g/mol. The van der Waals surface area contributed by atoms with E-state index in [0.29, 0.717) is 19.5 Å². The predicted octanol–water partition coefficient (Wildman–Crippen LogP) is -1.59. The lowest BCUT2D eigenvalue weighted by molar-refractivity contribution is -0.218. The smallest absolute Gasteiger partial charge is 0.418 e. The van der Waals surface area contributed by atoms with Crippen molar-refractivity contribution >= 4 is 73.3 Å². The number of thiazole rings is 2. The molecule has 0 radical (unpaired) electrons. The maximum atomic E-state index is 12.9. The van der Waals surface area contributed by atoms with Gasteiger partial charge in [-0.1, -0.05) is 10.3 Å². The van der Waals surface area contributed by atoms with Gasteiger partial charge in [-0.25, -0.2) is 9.97 Å². The van der Waals surface area contributed by atoms with Crippen molar-refractivity contribution in [2.24, 2.45) is 10.3 Å². The van der Waals surface area contributed by atoms with Crippen LogP contribution in [0.3, 0.4) is 0 Å². The molecule has 0 aromatic carbocycles. The van der Waals surface area contributed by atoms with E-state index < -0.39 is 74.7 Å². The second-order valence-electron chi connectivity index (χ2n) is 13.8. The van der Waals surface area contributed by atoms with Gasteiger partial charge >= 0.3 is 10.4 Å². The molecule has 2 aliphatic heterocycles. The van der Waals surface area contributed by atoms with Gasteiger partial charge in [-0.15, -0.1) is 27.0 Å². The van der Waals surface area contributed by atoms with E-state index in [2.05, 4.69) is 35.2 Å². The lowest BCUT2D eigenvalue weighted by Crippen LogP contribution is -2.76. The van der Waals surface area contributed by atoms with Crippen LogP contribution in [-0.2, 0) is 56.7 Å². The molecule has 4 aromatic rings. The number of hydrogen-bond donors (Lipinski definition) is 8. The van der Waals surface area contributed by atoms with E-state index in [9.17, 15) is 57.8 Å². The van der Waals surface area contributed by atoms with Gasteiger partial charge in [-0.2, -0.15) is 22.9 Å². The molecular weight excluding hydrogens is 903 g/mol. The molecule has 0 bridgehead atoms. The van der Waals surface area contributed by atoms with Crippen LogP contribution >= 0.6 is 22.7 Å². The number of likely N-dealkylation sites (N-methyl/N-ethyl adjacent to an activating group) is 1. The Balaban J connectivity index is 0.000000240. The number of aryl methyl sites for hydroxylation is 1. The molecule has 0 saturated carbocycles. The Kier molecular flexibility index (Phi) is 13.7. The maximum absolute atomic E-state index is 12.9. The Labute approximate surface area is 361 Å². The topological polar surface area (TPSA) is 382 Å². The molecule has 2 aliphatic rings. The number of pyridine rings is 2. The van der Waals surface area contributed by atoms with E-state index in [4.69, 9.17) is 20.0 Å². The van der Waals surface area contributed by atoms with Gasteiger partial charge in [0.25, 0.3) is 17.7 Å². The van der Waals surface area contributed by atoms with Crippen molar-refractivity contribution in [2.75, 3.05) is 12.8 Å². The number of amides is 4. The summed E-state index contributed by atoms with van der Waals surface area (Å²) in [7, 11) is -3.34. The summed E-state index contributed by atoms with van der Waals surface area (Å²) in [6, 6.07) is -0.276. The molecule has 63 heavy (non-hydrogen) atoms. The lowest BCUT2D eigenvalue weighted by atomic mass is 9.84. The number of nitrogens with one attached hydrogen (secondary N) is 2. The zero-order valence-corrected chi connectivity index (χ0v) is 35.7. The number of aromatic hydroxyl groups is 2. The molecule has 9 N–H and O–H groups in total. The number of likely N-dealkylation sites (tertiary alicyclic amines) is 1. The number of aromatic nitrogens is 4. The number of rotatable bonds is 14. The number of carbonyl (C=O) groups excluding carboxylic acids is 4. The first-order chi connectivity index (χ1) is 29.4. The van der Waals surface area contributed by atoms with Crippen molar-refractivity contribution < 1.29 is 66.7 Å². The molecule has 30 heteroatoms. The summed E-state index contributed by atoms with van der Waals surface area (Å²) in [6.07, 6.45) is 1.56. The van der Waals surface area contributed by atoms with Gasteiger partial charge in [0, 0.05) is 29.9 Å². The molecular formula is C33H37N11O16S3. The molecule has 0 unspecified atom stereocenters. The van der Waals surface area contributed by atoms with Crippen molar-refractivity contribution in [1.82, 2.24) is 40.0 Å². The van der Waals surface area contributed by atoms with Gasteiger partial charge in [0.2, 0.25) is 16.8 Å². The van der Waals surface area contributed by atoms with Crippen LogP contribution in [0.4, 0.5) is 5.13 Å². The number of nitrogen functional groups attached to an aromatic ring is 1. The first-order valence-corrected chi connectivity index (χ1v) is 20.7. The highest BCUT2D eigenvalue weighted by Gasteiger charge is 2.58. The largest absolute Gasteiger partial charge is 0.503 e. The summed E-state index contributed by atoms with van der Waals surface area (Å²) in [5, 5.41) is 54.7. The summed E-state index contributed by atoms with van der Waals surface area (Å²) in [6.45, 7) is 5.37. The second-order valence-corrected chi connectivity index (χ2v) is 16.8. The Hall–Kier alpha value is -7.15. The average molecular weight is 940 g/mol. The third-order valence-corrected chi connectivity index (χ3v) is 10.9. The van der Waals surface area contributed by atoms with E-state index in [1.807, 2.05) is 0 Å². The molecule has 3 atom stereocenters. The molecule has 4 aromatic heterocycles. The van der Waals surface area contributed by atoms with Crippen LogP contribution < -0.4 is 27.2 Å². The highest BCUT2D eigenvalue weighted by molar-refractivity contribution is 7.80. The van der Waals surface area contributed by atoms with Crippen LogP contribution in [0.25, 0.3) is 0 Å². The molecule has 0 spiro atoms. The van der Waals surface area contributed by atoms with Crippen molar-refractivity contribution in [3.05, 3.63) is 83.5 Å². The fourth-order valence-corrected chi connectivity index (χ4v) is 7.11. The minimum Gasteiger partial charge on any atom is -0.503 e. The van der Waals surface area contributed by atoms with Crippen LogP contribution in [0.5, 0.6) is 11.5 Å². The third-order valence-electron chi connectivity index (χ3n) is 9.09.